The van der Waals surface area contributed by atoms with Gasteiger partial charge in [-0.15, -0.1) is 0 Å². The van der Waals surface area contributed by atoms with Gasteiger partial charge in [0.05, 0.1) is 0 Å². The lowest BCUT2D eigenvalue weighted by Crippen LogP contribution is -2.30. The van der Waals surface area contributed by atoms with E-state index in [0.29, 0.717) is 19.3 Å². The smallest absolute Gasteiger partial charge is 0.306 e. The van der Waals surface area contributed by atoms with Crippen LogP contribution in [-0.2, 0) is 28.6 Å². The van der Waals surface area contributed by atoms with Gasteiger partial charge in [-0.05, 0) is 25.2 Å². The Bertz CT molecular complexity index is 905. The summed E-state index contributed by atoms with van der Waals surface area (Å²) in [5, 5.41) is 0. The Kier molecular flexibility index (Phi) is 47.2. The number of unbranched alkanes of at least 4 members (excludes halogenated alkanes) is 35. The number of carbonyl (C=O) groups excluding carboxylic acids is 3. The highest BCUT2D eigenvalue weighted by Crippen LogP contribution is 2.18. The molecule has 0 aromatic heterocycles. The molecule has 0 aromatic carbocycles. The fraction of sp³-hybridized carbons (Fsp3) is 0.944. The minimum atomic E-state index is -0.760. The minimum Gasteiger partial charge on any atom is -0.462 e. The van der Waals surface area contributed by atoms with Gasteiger partial charge in [0.15, 0.2) is 6.10 Å². The summed E-state index contributed by atoms with van der Waals surface area (Å²) in [7, 11) is 0. The molecule has 0 rings (SSSR count). The number of hydrogen-bond acceptors (Lipinski definition) is 6. The molecule has 0 aliphatic carbocycles. The van der Waals surface area contributed by atoms with Crippen LogP contribution >= 0.6 is 0 Å². The lowest BCUT2D eigenvalue weighted by atomic mass is 9.99. The maximum absolute atomic E-state index is 12.7. The third kappa shape index (κ3) is 45.9. The highest BCUT2D eigenvalue weighted by molar-refractivity contribution is 5.71. The Morgan fingerprint density at radius 2 is 0.583 bits per heavy atom. The Hall–Kier alpha value is -1.59. The van der Waals surface area contributed by atoms with Crippen LogP contribution in [0.15, 0.2) is 0 Å². The highest BCUT2D eigenvalue weighted by Gasteiger charge is 2.19. The quantitative estimate of drug-likeness (QED) is 0.0345. The van der Waals surface area contributed by atoms with Gasteiger partial charge in [0.1, 0.15) is 13.2 Å². The van der Waals surface area contributed by atoms with E-state index < -0.39 is 6.10 Å². The maximum Gasteiger partial charge on any atom is 0.306 e. The minimum absolute atomic E-state index is 0.0629. The summed E-state index contributed by atoms with van der Waals surface area (Å²) in [6.07, 6.45) is 50.9. The van der Waals surface area contributed by atoms with Crippen molar-refractivity contribution in [3.8, 4) is 0 Å². The van der Waals surface area contributed by atoms with Crippen molar-refractivity contribution in [2.45, 2.75) is 310 Å². The molecule has 0 saturated carbocycles. The average Bonchev–Trinajstić information content (AvgIpc) is 3.25. The van der Waals surface area contributed by atoms with Crippen LogP contribution in [0.25, 0.3) is 0 Å². The molecule has 0 heterocycles. The maximum atomic E-state index is 12.7. The summed E-state index contributed by atoms with van der Waals surface area (Å²) < 4.78 is 16.8. The van der Waals surface area contributed by atoms with Crippen molar-refractivity contribution < 1.29 is 28.6 Å². The van der Waals surface area contributed by atoms with E-state index in [1.54, 1.807) is 0 Å². The molecule has 0 spiro atoms. The van der Waals surface area contributed by atoms with Crippen molar-refractivity contribution in [2.24, 2.45) is 5.92 Å². The zero-order valence-corrected chi connectivity index (χ0v) is 40.9. The molecule has 6 nitrogen and oxygen atoms in total. The van der Waals surface area contributed by atoms with E-state index in [1.807, 2.05) is 0 Å². The molecular weight excluding hydrogens is 745 g/mol. The Labute approximate surface area is 374 Å². The molecule has 0 aliphatic rings. The van der Waals surface area contributed by atoms with Crippen LogP contribution in [-0.4, -0.2) is 37.2 Å². The molecule has 0 N–H and O–H groups in total. The fourth-order valence-electron chi connectivity index (χ4n) is 8.19. The molecule has 2 atom stereocenters. The Morgan fingerprint density at radius 1 is 0.333 bits per heavy atom. The van der Waals surface area contributed by atoms with Crippen molar-refractivity contribution in [3.05, 3.63) is 0 Å². The zero-order valence-electron chi connectivity index (χ0n) is 40.9. The molecule has 0 bridgehead atoms. The second-order valence-electron chi connectivity index (χ2n) is 18.8. The van der Waals surface area contributed by atoms with E-state index in [2.05, 4.69) is 27.7 Å². The van der Waals surface area contributed by atoms with Crippen molar-refractivity contribution in [2.75, 3.05) is 13.2 Å². The Balaban J connectivity index is 4.20. The van der Waals surface area contributed by atoms with Crippen LogP contribution in [0.5, 0.6) is 0 Å². The van der Waals surface area contributed by atoms with Crippen molar-refractivity contribution >= 4 is 17.9 Å². The molecule has 0 radical (unpaired) electrons. The van der Waals surface area contributed by atoms with Gasteiger partial charge in [0.25, 0.3) is 0 Å². The molecular formula is C54H104O6. The molecule has 6 heteroatoms. The molecule has 0 aromatic rings. The first kappa shape index (κ1) is 58.4. The SMILES string of the molecule is CCCCCCCCCCCCCCCCCCCCCC(=O)OC[C@H](COC(=O)CCCCCCCCCCCCC(C)CC)OC(=O)CCCCCCCCCCC. The number of esters is 3. The van der Waals surface area contributed by atoms with Crippen LogP contribution in [0.3, 0.4) is 0 Å². The lowest BCUT2D eigenvalue weighted by molar-refractivity contribution is -0.167. The third-order valence-corrected chi connectivity index (χ3v) is 12.7. The first-order valence-electron chi connectivity index (χ1n) is 26.9. The largest absolute Gasteiger partial charge is 0.462 e. The van der Waals surface area contributed by atoms with Gasteiger partial charge in [-0.1, -0.05) is 265 Å². The second-order valence-corrected chi connectivity index (χ2v) is 18.8. The lowest BCUT2D eigenvalue weighted by Gasteiger charge is -2.18. The monoisotopic (exact) mass is 849 g/mol. The van der Waals surface area contributed by atoms with E-state index >= 15 is 0 Å². The molecule has 60 heavy (non-hydrogen) atoms. The number of carbonyl (C=O) groups is 3. The molecule has 0 fully saturated rings. The van der Waals surface area contributed by atoms with E-state index in [1.165, 1.54) is 199 Å². The van der Waals surface area contributed by atoms with Crippen LogP contribution < -0.4 is 0 Å². The summed E-state index contributed by atoms with van der Waals surface area (Å²) in [6, 6.07) is 0. The molecule has 0 saturated heterocycles. The van der Waals surface area contributed by atoms with Gasteiger partial charge in [0, 0.05) is 19.3 Å². The van der Waals surface area contributed by atoms with Gasteiger partial charge in [0.2, 0.25) is 0 Å². The topological polar surface area (TPSA) is 78.9 Å². The van der Waals surface area contributed by atoms with Gasteiger partial charge in [-0.2, -0.15) is 0 Å². The van der Waals surface area contributed by atoms with Crippen molar-refractivity contribution in [1.29, 1.82) is 0 Å². The van der Waals surface area contributed by atoms with E-state index in [9.17, 15) is 14.4 Å². The van der Waals surface area contributed by atoms with Gasteiger partial charge in [-0.25, -0.2) is 0 Å². The van der Waals surface area contributed by atoms with E-state index in [0.717, 1.165) is 63.7 Å². The van der Waals surface area contributed by atoms with Gasteiger partial charge < -0.3 is 14.2 Å². The van der Waals surface area contributed by atoms with Crippen LogP contribution in [0, 0.1) is 5.92 Å². The highest BCUT2D eigenvalue weighted by atomic mass is 16.6. The van der Waals surface area contributed by atoms with Gasteiger partial charge in [-0.3, -0.25) is 14.4 Å². The standard InChI is InChI=1S/C54H104O6/c1-5-8-10-12-14-16-17-18-19-20-21-22-23-24-25-30-33-37-41-45-52(55)58-48-51(60-54(57)47-43-39-35-28-15-13-11-9-6-2)49-59-53(56)46-42-38-34-31-27-26-29-32-36-40-44-50(4)7-3/h50-51H,5-49H2,1-4H3/t50?,51-/m1/s1. The average molecular weight is 849 g/mol. The van der Waals surface area contributed by atoms with Crippen LogP contribution in [0.4, 0.5) is 0 Å². The summed E-state index contributed by atoms with van der Waals surface area (Å²) in [5.41, 5.74) is 0. The second kappa shape index (κ2) is 48.4. The molecule has 0 aliphatic heterocycles. The predicted molar refractivity (Wildman–Crippen MR) is 257 cm³/mol. The number of hydrogen-bond donors (Lipinski definition) is 0. The number of rotatable bonds is 49. The number of ether oxygens (including phenoxy) is 3. The van der Waals surface area contributed by atoms with Crippen LogP contribution in [0.2, 0.25) is 0 Å². The Morgan fingerprint density at radius 3 is 0.867 bits per heavy atom. The normalized spacial score (nSPS) is 12.4. The van der Waals surface area contributed by atoms with E-state index in [-0.39, 0.29) is 31.1 Å². The fourth-order valence-corrected chi connectivity index (χ4v) is 8.19. The summed E-state index contributed by atoms with van der Waals surface area (Å²) >= 11 is 0. The summed E-state index contributed by atoms with van der Waals surface area (Å²) in [4.78, 5) is 37.9. The summed E-state index contributed by atoms with van der Waals surface area (Å²) in [5.74, 6) is 0.0238. The third-order valence-electron chi connectivity index (χ3n) is 12.7. The summed E-state index contributed by atoms with van der Waals surface area (Å²) in [6.45, 7) is 9.04. The first-order valence-corrected chi connectivity index (χ1v) is 26.9. The first-order chi connectivity index (χ1) is 29.4. The molecule has 0 amide bonds. The van der Waals surface area contributed by atoms with Gasteiger partial charge >= 0.3 is 17.9 Å². The van der Waals surface area contributed by atoms with Crippen molar-refractivity contribution in [3.63, 3.8) is 0 Å². The zero-order chi connectivity index (χ0) is 43.8. The predicted octanol–water partition coefficient (Wildman–Crippen LogP) is 17.5. The van der Waals surface area contributed by atoms with Crippen molar-refractivity contribution in [1.82, 2.24) is 0 Å². The van der Waals surface area contributed by atoms with E-state index in [4.69, 9.17) is 14.2 Å². The molecule has 1 unspecified atom stereocenters. The molecule has 356 valence electrons. The van der Waals surface area contributed by atoms with Crippen LogP contribution in [0.1, 0.15) is 304 Å².